The minimum absolute atomic E-state index is 0.0747. The maximum absolute atomic E-state index is 13.9. The predicted octanol–water partition coefficient (Wildman–Crippen LogP) is 2.94. The van der Waals surface area contributed by atoms with Gasteiger partial charge in [-0.2, -0.15) is 10.5 Å². The highest BCUT2D eigenvalue weighted by Gasteiger charge is 2.11. The van der Waals surface area contributed by atoms with Gasteiger partial charge in [0, 0.05) is 5.56 Å². The highest BCUT2D eigenvalue weighted by molar-refractivity contribution is 5.69. The molecule has 2 aromatic carbocycles. The van der Waals surface area contributed by atoms with E-state index in [9.17, 15) is 9.50 Å². The molecule has 0 aliphatic heterocycles. The smallest absolute Gasteiger partial charge is 0.148 e. The lowest BCUT2D eigenvalue weighted by molar-refractivity contribution is 0.475. The van der Waals surface area contributed by atoms with E-state index in [0.29, 0.717) is 5.56 Å². The summed E-state index contributed by atoms with van der Waals surface area (Å²) in [5.74, 6) is -0.777. The molecule has 86 valence electrons. The zero-order chi connectivity index (χ0) is 13.1. The average Bonchev–Trinajstić information content (AvgIpc) is 2.38. The summed E-state index contributed by atoms with van der Waals surface area (Å²) < 4.78 is 13.9. The second kappa shape index (κ2) is 4.57. The van der Waals surface area contributed by atoms with Gasteiger partial charge in [0.2, 0.25) is 0 Å². The van der Waals surface area contributed by atoms with Gasteiger partial charge in [0.15, 0.2) is 0 Å². The second-order valence-electron chi connectivity index (χ2n) is 3.66. The van der Waals surface area contributed by atoms with Gasteiger partial charge in [-0.3, -0.25) is 0 Å². The Labute approximate surface area is 103 Å². The maximum Gasteiger partial charge on any atom is 0.148 e. The van der Waals surface area contributed by atoms with Crippen molar-refractivity contribution in [3.63, 3.8) is 0 Å². The molecule has 3 nitrogen and oxygen atoms in total. The molecule has 0 amide bonds. The Kier molecular flexibility index (Phi) is 2.95. The van der Waals surface area contributed by atoms with Crippen molar-refractivity contribution in [2.45, 2.75) is 0 Å². The summed E-state index contributed by atoms with van der Waals surface area (Å²) in [6, 6.07) is 12.1. The number of nitriles is 2. The van der Waals surface area contributed by atoms with Crippen LogP contribution >= 0.6 is 0 Å². The fourth-order valence-corrected chi connectivity index (χ4v) is 1.67. The number of hydrogen-bond acceptors (Lipinski definition) is 3. The molecule has 0 bridgehead atoms. The van der Waals surface area contributed by atoms with Crippen LogP contribution in [-0.4, -0.2) is 5.11 Å². The molecular formula is C14H7FN2O. The molecule has 1 N–H and O–H groups in total. The molecule has 0 saturated carbocycles. The van der Waals surface area contributed by atoms with Crippen LogP contribution in [-0.2, 0) is 0 Å². The zero-order valence-corrected chi connectivity index (χ0v) is 9.18. The Hall–Kier alpha value is -2.85. The lowest BCUT2D eigenvalue weighted by atomic mass is 10.0. The van der Waals surface area contributed by atoms with Crippen molar-refractivity contribution in [2.75, 3.05) is 0 Å². The quantitative estimate of drug-likeness (QED) is 0.830. The SMILES string of the molecule is N#Cc1cc(O)cc(-c2cccc(C#N)c2F)c1. The molecule has 4 heteroatoms. The van der Waals surface area contributed by atoms with E-state index >= 15 is 0 Å². The van der Waals surface area contributed by atoms with Crippen molar-refractivity contribution in [1.29, 1.82) is 10.5 Å². The van der Waals surface area contributed by atoms with Crippen molar-refractivity contribution in [1.82, 2.24) is 0 Å². The molecule has 0 radical (unpaired) electrons. The molecule has 0 aliphatic carbocycles. The predicted molar refractivity (Wildman–Crippen MR) is 62.9 cm³/mol. The first-order chi connectivity index (χ1) is 8.65. The zero-order valence-electron chi connectivity index (χ0n) is 9.18. The summed E-state index contributed by atoms with van der Waals surface area (Å²) in [5, 5.41) is 27.0. The highest BCUT2D eigenvalue weighted by Crippen LogP contribution is 2.28. The van der Waals surface area contributed by atoms with Gasteiger partial charge in [0.05, 0.1) is 17.2 Å². The molecule has 18 heavy (non-hydrogen) atoms. The number of benzene rings is 2. The van der Waals surface area contributed by atoms with Gasteiger partial charge in [-0.05, 0) is 29.8 Å². The summed E-state index contributed by atoms with van der Waals surface area (Å²) in [7, 11) is 0. The van der Waals surface area contributed by atoms with Crippen LogP contribution in [0.15, 0.2) is 36.4 Å². The van der Waals surface area contributed by atoms with Crippen LogP contribution in [0.25, 0.3) is 11.1 Å². The summed E-state index contributed by atoms with van der Waals surface area (Å²) in [4.78, 5) is 0. The first-order valence-corrected chi connectivity index (χ1v) is 5.09. The van der Waals surface area contributed by atoms with Crippen LogP contribution in [0.4, 0.5) is 4.39 Å². The molecule has 2 rings (SSSR count). The molecule has 0 aromatic heterocycles. The maximum atomic E-state index is 13.9. The van der Waals surface area contributed by atoms with Crippen LogP contribution in [0.1, 0.15) is 11.1 Å². The molecule has 0 spiro atoms. The van der Waals surface area contributed by atoms with E-state index < -0.39 is 5.82 Å². The van der Waals surface area contributed by atoms with Crippen molar-refractivity contribution < 1.29 is 9.50 Å². The van der Waals surface area contributed by atoms with Crippen LogP contribution in [0.2, 0.25) is 0 Å². The molecule has 2 aromatic rings. The van der Waals surface area contributed by atoms with E-state index in [2.05, 4.69) is 0 Å². The van der Waals surface area contributed by atoms with Gasteiger partial charge in [0.25, 0.3) is 0 Å². The number of phenolic OH excluding ortho intramolecular Hbond substituents is 1. The van der Waals surface area contributed by atoms with E-state index in [-0.39, 0.29) is 22.4 Å². The summed E-state index contributed by atoms with van der Waals surface area (Å²) in [6.07, 6.45) is 0. The Morgan fingerprint density at radius 3 is 2.50 bits per heavy atom. The Balaban J connectivity index is 2.67. The molecular weight excluding hydrogens is 231 g/mol. The monoisotopic (exact) mass is 238 g/mol. The lowest BCUT2D eigenvalue weighted by Crippen LogP contribution is -1.89. The van der Waals surface area contributed by atoms with Gasteiger partial charge in [-0.1, -0.05) is 12.1 Å². The number of phenols is 1. The molecule has 0 unspecified atom stereocenters. The fraction of sp³-hybridized carbons (Fsp3) is 0. The summed E-state index contributed by atoms with van der Waals surface area (Å²) in [6.45, 7) is 0. The molecule has 0 atom stereocenters. The van der Waals surface area contributed by atoms with Gasteiger partial charge >= 0.3 is 0 Å². The summed E-state index contributed by atoms with van der Waals surface area (Å²) in [5.41, 5.74) is 0.698. The Morgan fingerprint density at radius 1 is 1.06 bits per heavy atom. The third-order valence-electron chi connectivity index (χ3n) is 2.48. The largest absolute Gasteiger partial charge is 0.508 e. The molecule has 0 fully saturated rings. The van der Waals surface area contributed by atoms with Crippen LogP contribution in [0.3, 0.4) is 0 Å². The van der Waals surface area contributed by atoms with E-state index in [0.717, 1.165) is 0 Å². The fourth-order valence-electron chi connectivity index (χ4n) is 1.67. The van der Waals surface area contributed by atoms with Crippen LogP contribution in [0, 0.1) is 28.5 Å². The van der Waals surface area contributed by atoms with Crippen LogP contribution in [0.5, 0.6) is 5.75 Å². The van der Waals surface area contributed by atoms with Crippen LogP contribution < -0.4 is 0 Å². The number of halogens is 1. The topological polar surface area (TPSA) is 67.8 Å². The van der Waals surface area contributed by atoms with E-state index in [1.165, 1.54) is 30.3 Å². The Morgan fingerprint density at radius 2 is 1.83 bits per heavy atom. The Bertz CT molecular complexity index is 696. The molecule has 0 heterocycles. The van der Waals surface area contributed by atoms with E-state index in [1.54, 1.807) is 12.1 Å². The standard InChI is InChI=1S/C14H7FN2O/c15-14-10(8-17)2-1-3-13(14)11-4-9(7-16)5-12(18)6-11/h1-6,18H. The number of nitrogens with zero attached hydrogens (tertiary/aromatic N) is 2. The van der Waals surface area contributed by atoms with E-state index in [1.807, 2.05) is 6.07 Å². The van der Waals surface area contributed by atoms with Gasteiger partial charge in [-0.25, -0.2) is 4.39 Å². The molecule has 0 aliphatic rings. The van der Waals surface area contributed by atoms with E-state index in [4.69, 9.17) is 10.5 Å². The van der Waals surface area contributed by atoms with Crippen molar-refractivity contribution in [3.05, 3.63) is 53.3 Å². The minimum atomic E-state index is -0.658. The average molecular weight is 238 g/mol. The van der Waals surface area contributed by atoms with Crippen molar-refractivity contribution in [3.8, 4) is 29.0 Å². The van der Waals surface area contributed by atoms with Crippen molar-refractivity contribution in [2.24, 2.45) is 0 Å². The van der Waals surface area contributed by atoms with Gasteiger partial charge < -0.3 is 5.11 Å². The first kappa shape index (κ1) is 11.6. The number of aromatic hydroxyl groups is 1. The molecule has 0 saturated heterocycles. The van der Waals surface area contributed by atoms with Gasteiger partial charge in [-0.15, -0.1) is 0 Å². The third-order valence-corrected chi connectivity index (χ3v) is 2.48. The number of rotatable bonds is 1. The lowest BCUT2D eigenvalue weighted by Gasteiger charge is -2.05. The van der Waals surface area contributed by atoms with Gasteiger partial charge in [0.1, 0.15) is 17.6 Å². The number of hydrogen-bond donors (Lipinski definition) is 1. The summed E-state index contributed by atoms with van der Waals surface area (Å²) >= 11 is 0. The third kappa shape index (κ3) is 2.00. The normalized spacial score (nSPS) is 9.50. The van der Waals surface area contributed by atoms with Crippen molar-refractivity contribution >= 4 is 0 Å². The first-order valence-electron chi connectivity index (χ1n) is 5.09. The highest BCUT2D eigenvalue weighted by atomic mass is 19.1. The second-order valence-corrected chi connectivity index (χ2v) is 3.66. The minimum Gasteiger partial charge on any atom is -0.508 e.